The van der Waals surface area contributed by atoms with E-state index in [2.05, 4.69) is 46.7 Å². The fourth-order valence-electron chi connectivity index (χ4n) is 1.31. The van der Waals surface area contributed by atoms with Crippen LogP contribution in [0.1, 0.15) is 26.7 Å². The number of hydrogen-bond acceptors (Lipinski definition) is 3. The van der Waals surface area contributed by atoms with Crippen molar-refractivity contribution in [3.8, 4) is 11.3 Å². The molecule has 0 aliphatic carbocycles. The van der Waals surface area contributed by atoms with E-state index < -0.39 is 0 Å². The van der Waals surface area contributed by atoms with Crippen LogP contribution in [-0.4, -0.2) is 9.97 Å². The van der Waals surface area contributed by atoms with Gasteiger partial charge in [0.1, 0.15) is 16.6 Å². The Morgan fingerprint density at radius 1 is 1.31 bits per heavy atom. The summed E-state index contributed by atoms with van der Waals surface area (Å²) in [5.74, 6) is 0.746. The second kappa shape index (κ2) is 4.01. The zero-order valence-corrected chi connectivity index (χ0v) is 11.1. The van der Waals surface area contributed by atoms with Gasteiger partial charge in [-0.25, -0.2) is 9.97 Å². The fourth-order valence-corrected chi connectivity index (χ4v) is 1.68. The van der Waals surface area contributed by atoms with Crippen molar-refractivity contribution >= 4 is 15.9 Å². The van der Waals surface area contributed by atoms with E-state index in [0.29, 0.717) is 0 Å². The Hall–Kier alpha value is -1.16. The van der Waals surface area contributed by atoms with Gasteiger partial charge in [-0.15, -0.1) is 0 Å². The number of aromatic nitrogens is 2. The Bertz CT molecular complexity index is 500. The summed E-state index contributed by atoms with van der Waals surface area (Å²) < 4.78 is 6.27. The topological polar surface area (TPSA) is 38.9 Å². The second-order valence-corrected chi connectivity index (χ2v) is 5.47. The fraction of sp³-hybridized carbons (Fsp3) is 0.333. The maximum atomic E-state index is 5.48. The quantitative estimate of drug-likeness (QED) is 0.746. The Kier molecular flexibility index (Phi) is 2.84. The third-order valence-electron chi connectivity index (χ3n) is 2.17. The number of rotatable bonds is 1. The van der Waals surface area contributed by atoms with E-state index in [1.807, 2.05) is 12.1 Å². The van der Waals surface area contributed by atoms with Crippen molar-refractivity contribution in [2.24, 2.45) is 0 Å². The molecular formula is C12H13BrN2O. The highest BCUT2D eigenvalue weighted by atomic mass is 79.9. The van der Waals surface area contributed by atoms with Gasteiger partial charge in [-0.05, 0) is 28.1 Å². The Morgan fingerprint density at radius 2 is 2.06 bits per heavy atom. The second-order valence-electron chi connectivity index (χ2n) is 4.66. The summed E-state index contributed by atoms with van der Waals surface area (Å²) in [6.07, 6.45) is 3.42. The SMILES string of the molecule is CC(C)(C)c1nc(-c2ccnc(Br)c2)co1. The molecule has 2 heterocycles. The van der Waals surface area contributed by atoms with Crippen LogP contribution in [0.2, 0.25) is 0 Å². The van der Waals surface area contributed by atoms with Crippen LogP contribution < -0.4 is 0 Å². The van der Waals surface area contributed by atoms with Crippen LogP contribution in [0.5, 0.6) is 0 Å². The predicted octanol–water partition coefficient (Wildman–Crippen LogP) is 3.80. The molecule has 0 saturated heterocycles. The molecule has 0 unspecified atom stereocenters. The summed E-state index contributed by atoms with van der Waals surface area (Å²) in [5.41, 5.74) is 1.77. The van der Waals surface area contributed by atoms with Gasteiger partial charge in [-0.1, -0.05) is 20.8 Å². The Balaban J connectivity index is 2.39. The first-order valence-corrected chi connectivity index (χ1v) is 5.84. The molecule has 2 aromatic heterocycles. The van der Waals surface area contributed by atoms with Crippen molar-refractivity contribution in [2.45, 2.75) is 26.2 Å². The van der Waals surface area contributed by atoms with Gasteiger partial charge in [-0.2, -0.15) is 0 Å². The lowest BCUT2D eigenvalue weighted by Gasteiger charge is -2.11. The van der Waals surface area contributed by atoms with Crippen molar-refractivity contribution in [1.29, 1.82) is 0 Å². The van der Waals surface area contributed by atoms with E-state index in [1.165, 1.54) is 0 Å². The standard InChI is InChI=1S/C12H13BrN2O/c1-12(2,3)11-15-9(7-16-11)8-4-5-14-10(13)6-8/h4-7H,1-3H3. The molecule has 84 valence electrons. The summed E-state index contributed by atoms with van der Waals surface area (Å²) >= 11 is 3.34. The van der Waals surface area contributed by atoms with Crippen molar-refractivity contribution in [3.63, 3.8) is 0 Å². The molecule has 0 atom stereocenters. The minimum Gasteiger partial charge on any atom is -0.448 e. The lowest BCUT2D eigenvalue weighted by Crippen LogP contribution is -2.11. The van der Waals surface area contributed by atoms with E-state index >= 15 is 0 Å². The van der Waals surface area contributed by atoms with Gasteiger partial charge in [-0.3, -0.25) is 0 Å². The Labute approximate surface area is 103 Å². The van der Waals surface area contributed by atoms with Crippen molar-refractivity contribution < 1.29 is 4.42 Å². The minimum absolute atomic E-state index is 0.0670. The van der Waals surface area contributed by atoms with Gasteiger partial charge in [0.05, 0.1) is 0 Å². The first-order valence-electron chi connectivity index (χ1n) is 5.05. The van der Waals surface area contributed by atoms with Crippen LogP contribution in [-0.2, 0) is 5.41 Å². The zero-order valence-electron chi connectivity index (χ0n) is 9.49. The van der Waals surface area contributed by atoms with E-state index in [4.69, 9.17) is 4.42 Å². The molecule has 2 aromatic rings. The first-order chi connectivity index (χ1) is 7.47. The first kappa shape index (κ1) is 11.3. The van der Waals surface area contributed by atoms with Crippen molar-refractivity contribution in [1.82, 2.24) is 9.97 Å². The number of oxazole rings is 1. The molecule has 0 saturated carbocycles. The smallest absolute Gasteiger partial charge is 0.199 e. The van der Waals surface area contributed by atoms with Crippen LogP contribution in [0.4, 0.5) is 0 Å². The molecule has 2 rings (SSSR count). The molecule has 0 N–H and O–H groups in total. The summed E-state index contributed by atoms with van der Waals surface area (Å²) in [4.78, 5) is 8.56. The highest BCUT2D eigenvalue weighted by molar-refractivity contribution is 9.10. The predicted molar refractivity (Wildman–Crippen MR) is 66.1 cm³/mol. The number of nitrogens with zero attached hydrogens (tertiary/aromatic N) is 2. The summed E-state index contributed by atoms with van der Waals surface area (Å²) in [6.45, 7) is 6.22. The normalized spacial score (nSPS) is 11.8. The van der Waals surface area contributed by atoms with Crippen molar-refractivity contribution in [2.75, 3.05) is 0 Å². The van der Waals surface area contributed by atoms with Crippen molar-refractivity contribution in [3.05, 3.63) is 35.1 Å². The van der Waals surface area contributed by atoms with E-state index in [9.17, 15) is 0 Å². The molecule has 0 fully saturated rings. The van der Waals surface area contributed by atoms with Crippen LogP contribution >= 0.6 is 15.9 Å². The lowest BCUT2D eigenvalue weighted by molar-refractivity contribution is 0.392. The van der Waals surface area contributed by atoms with Crippen LogP contribution in [0, 0.1) is 0 Å². The highest BCUT2D eigenvalue weighted by Gasteiger charge is 2.20. The van der Waals surface area contributed by atoms with E-state index in [-0.39, 0.29) is 5.41 Å². The van der Waals surface area contributed by atoms with Gasteiger partial charge < -0.3 is 4.42 Å². The average molecular weight is 281 g/mol. The Morgan fingerprint density at radius 3 is 2.62 bits per heavy atom. The molecule has 16 heavy (non-hydrogen) atoms. The number of hydrogen-bond donors (Lipinski definition) is 0. The van der Waals surface area contributed by atoms with Gasteiger partial charge >= 0.3 is 0 Å². The molecule has 0 bridgehead atoms. The third kappa shape index (κ3) is 2.32. The van der Waals surface area contributed by atoms with E-state index in [0.717, 1.165) is 21.8 Å². The maximum Gasteiger partial charge on any atom is 0.199 e. The number of halogens is 1. The molecule has 0 aromatic carbocycles. The van der Waals surface area contributed by atoms with Gasteiger partial charge in [0.2, 0.25) is 0 Å². The molecule has 0 aliphatic heterocycles. The van der Waals surface area contributed by atoms with Crippen LogP contribution in [0.25, 0.3) is 11.3 Å². The zero-order chi connectivity index (χ0) is 11.8. The molecule has 4 heteroatoms. The van der Waals surface area contributed by atoms with Crippen LogP contribution in [0.15, 0.2) is 33.6 Å². The molecular weight excluding hydrogens is 268 g/mol. The van der Waals surface area contributed by atoms with Gasteiger partial charge in [0.25, 0.3) is 0 Å². The van der Waals surface area contributed by atoms with Gasteiger partial charge in [0.15, 0.2) is 5.89 Å². The molecule has 0 amide bonds. The molecule has 0 spiro atoms. The largest absolute Gasteiger partial charge is 0.448 e. The summed E-state index contributed by atoms with van der Waals surface area (Å²) in [6, 6.07) is 3.83. The third-order valence-corrected chi connectivity index (χ3v) is 2.60. The number of pyridine rings is 1. The van der Waals surface area contributed by atoms with Gasteiger partial charge in [0, 0.05) is 17.2 Å². The highest BCUT2D eigenvalue weighted by Crippen LogP contribution is 2.26. The molecule has 0 aliphatic rings. The monoisotopic (exact) mass is 280 g/mol. The average Bonchev–Trinajstić information content (AvgIpc) is 2.65. The lowest BCUT2D eigenvalue weighted by atomic mass is 9.97. The summed E-state index contributed by atoms with van der Waals surface area (Å²) in [7, 11) is 0. The van der Waals surface area contributed by atoms with E-state index in [1.54, 1.807) is 12.5 Å². The molecule has 0 radical (unpaired) electrons. The maximum absolute atomic E-state index is 5.48. The minimum atomic E-state index is -0.0670. The van der Waals surface area contributed by atoms with Crippen LogP contribution in [0.3, 0.4) is 0 Å². The molecule has 3 nitrogen and oxygen atoms in total. The summed E-state index contributed by atoms with van der Waals surface area (Å²) in [5, 5.41) is 0.